The maximum Gasteiger partial charge on any atom is 0.115 e. The second kappa shape index (κ2) is 3.15. The van der Waals surface area contributed by atoms with E-state index in [0.717, 1.165) is 6.54 Å². The fourth-order valence-corrected chi connectivity index (χ4v) is 1.48. The Morgan fingerprint density at radius 3 is 2.90 bits per heavy atom. The molecule has 0 aromatic carbocycles. The van der Waals surface area contributed by atoms with Crippen LogP contribution in [0.5, 0.6) is 0 Å². The topological polar surface area (TPSA) is 3.24 Å². The number of nitrogens with zero attached hydrogens (tertiary/aromatic N) is 1. The molecule has 0 bridgehead atoms. The molecule has 58 valence electrons. The molecule has 0 N–H and O–H groups in total. The highest BCUT2D eigenvalue weighted by molar-refractivity contribution is 4.95. The Balaban J connectivity index is 2.48. The molecule has 1 aliphatic heterocycles. The average Bonchev–Trinajstić information content (AvgIpc) is 2.30. The van der Waals surface area contributed by atoms with Gasteiger partial charge in [-0.05, 0) is 13.0 Å². The van der Waals surface area contributed by atoms with Gasteiger partial charge in [-0.1, -0.05) is 13.0 Å². The summed E-state index contributed by atoms with van der Waals surface area (Å²) in [4.78, 5) is 2.11. The van der Waals surface area contributed by atoms with Gasteiger partial charge in [0.05, 0.1) is 0 Å². The van der Waals surface area contributed by atoms with Crippen molar-refractivity contribution in [2.24, 2.45) is 0 Å². The largest absolute Gasteiger partial charge is 0.294 e. The molecular formula is C8H14FN. The third kappa shape index (κ3) is 1.37. The van der Waals surface area contributed by atoms with Gasteiger partial charge in [-0.15, -0.1) is 6.58 Å². The predicted octanol–water partition coefficient (Wildman–Crippen LogP) is 1.60. The maximum atomic E-state index is 12.7. The molecule has 2 heteroatoms. The second-order valence-corrected chi connectivity index (χ2v) is 2.72. The molecule has 0 aliphatic carbocycles. The van der Waals surface area contributed by atoms with Crippen LogP contribution in [0.2, 0.25) is 0 Å². The van der Waals surface area contributed by atoms with Crippen LogP contribution in [-0.4, -0.2) is 30.2 Å². The SMILES string of the molecule is C=CC1CC(F)CN1CC. The molecule has 2 atom stereocenters. The van der Waals surface area contributed by atoms with Crippen LogP contribution in [0.15, 0.2) is 12.7 Å². The van der Waals surface area contributed by atoms with E-state index in [-0.39, 0.29) is 6.04 Å². The molecule has 0 spiro atoms. The normalized spacial score (nSPS) is 34.6. The van der Waals surface area contributed by atoms with Crippen LogP contribution in [0.3, 0.4) is 0 Å². The van der Waals surface area contributed by atoms with Gasteiger partial charge in [-0.3, -0.25) is 4.90 Å². The molecule has 2 unspecified atom stereocenters. The lowest BCUT2D eigenvalue weighted by atomic mass is 10.2. The first-order valence-corrected chi connectivity index (χ1v) is 3.78. The number of likely N-dealkylation sites (tertiary alicyclic amines) is 1. The van der Waals surface area contributed by atoms with E-state index in [1.165, 1.54) is 0 Å². The van der Waals surface area contributed by atoms with Crippen molar-refractivity contribution in [2.45, 2.75) is 25.6 Å². The van der Waals surface area contributed by atoms with Crippen molar-refractivity contribution in [2.75, 3.05) is 13.1 Å². The van der Waals surface area contributed by atoms with Crippen LogP contribution in [-0.2, 0) is 0 Å². The quantitative estimate of drug-likeness (QED) is 0.531. The molecule has 1 rings (SSSR count). The summed E-state index contributed by atoms with van der Waals surface area (Å²) < 4.78 is 12.7. The van der Waals surface area contributed by atoms with Gasteiger partial charge in [-0.25, -0.2) is 4.39 Å². The van der Waals surface area contributed by atoms with Crippen molar-refractivity contribution in [3.8, 4) is 0 Å². The first kappa shape index (κ1) is 7.73. The van der Waals surface area contributed by atoms with Crippen LogP contribution in [0, 0.1) is 0 Å². The van der Waals surface area contributed by atoms with Crippen LogP contribution < -0.4 is 0 Å². The number of likely N-dealkylation sites (N-methyl/N-ethyl adjacent to an activating group) is 1. The Morgan fingerprint density at radius 2 is 2.50 bits per heavy atom. The summed E-state index contributed by atoms with van der Waals surface area (Å²) in [5, 5.41) is 0. The van der Waals surface area contributed by atoms with Gasteiger partial charge < -0.3 is 0 Å². The fourth-order valence-electron chi connectivity index (χ4n) is 1.48. The first-order valence-electron chi connectivity index (χ1n) is 3.78. The van der Waals surface area contributed by atoms with Crippen molar-refractivity contribution in [1.29, 1.82) is 0 Å². The molecule has 0 aromatic rings. The first-order chi connectivity index (χ1) is 4.77. The number of rotatable bonds is 2. The summed E-state index contributed by atoms with van der Waals surface area (Å²) in [5.41, 5.74) is 0. The monoisotopic (exact) mass is 143 g/mol. The highest BCUT2D eigenvalue weighted by atomic mass is 19.1. The highest BCUT2D eigenvalue weighted by Gasteiger charge is 2.28. The Bertz CT molecular complexity index is 124. The Kier molecular flexibility index (Phi) is 2.44. The van der Waals surface area contributed by atoms with E-state index in [4.69, 9.17) is 0 Å². The zero-order chi connectivity index (χ0) is 7.56. The van der Waals surface area contributed by atoms with E-state index >= 15 is 0 Å². The van der Waals surface area contributed by atoms with E-state index in [1.807, 2.05) is 6.08 Å². The fraction of sp³-hybridized carbons (Fsp3) is 0.750. The van der Waals surface area contributed by atoms with Crippen molar-refractivity contribution >= 4 is 0 Å². The zero-order valence-corrected chi connectivity index (χ0v) is 6.39. The zero-order valence-electron chi connectivity index (χ0n) is 6.39. The standard InChI is InChI=1S/C8H14FN/c1-3-8-5-7(9)6-10(8)4-2/h3,7-8H,1,4-6H2,2H3. The third-order valence-electron chi connectivity index (χ3n) is 2.08. The second-order valence-electron chi connectivity index (χ2n) is 2.72. The van der Waals surface area contributed by atoms with Crippen molar-refractivity contribution in [1.82, 2.24) is 4.90 Å². The minimum absolute atomic E-state index is 0.278. The predicted molar refractivity (Wildman–Crippen MR) is 40.7 cm³/mol. The van der Waals surface area contributed by atoms with Crippen LogP contribution >= 0.6 is 0 Å². The summed E-state index contributed by atoms with van der Waals surface area (Å²) >= 11 is 0. The lowest BCUT2D eigenvalue weighted by molar-refractivity contribution is 0.279. The maximum absolute atomic E-state index is 12.7. The molecule has 1 saturated heterocycles. The third-order valence-corrected chi connectivity index (χ3v) is 2.08. The Morgan fingerprint density at radius 1 is 1.80 bits per heavy atom. The van der Waals surface area contributed by atoms with Gasteiger partial charge in [0.25, 0.3) is 0 Å². The average molecular weight is 143 g/mol. The number of hydrogen-bond donors (Lipinski definition) is 0. The van der Waals surface area contributed by atoms with Gasteiger partial charge in [0.2, 0.25) is 0 Å². The van der Waals surface area contributed by atoms with E-state index in [1.54, 1.807) is 0 Å². The van der Waals surface area contributed by atoms with Crippen LogP contribution in [0.4, 0.5) is 4.39 Å². The highest BCUT2D eigenvalue weighted by Crippen LogP contribution is 2.19. The molecule has 1 aliphatic rings. The minimum Gasteiger partial charge on any atom is -0.294 e. The van der Waals surface area contributed by atoms with Crippen LogP contribution in [0.25, 0.3) is 0 Å². The summed E-state index contributed by atoms with van der Waals surface area (Å²) in [6.07, 6.45) is 1.84. The number of hydrogen-bond acceptors (Lipinski definition) is 1. The molecule has 0 amide bonds. The molecule has 1 heterocycles. The number of alkyl halides is 1. The molecule has 10 heavy (non-hydrogen) atoms. The van der Waals surface area contributed by atoms with Gasteiger partial charge in [-0.2, -0.15) is 0 Å². The molecule has 1 nitrogen and oxygen atoms in total. The van der Waals surface area contributed by atoms with Crippen molar-refractivity contribution < 1.29 is 4.39 Å². The van der Waals surface area contributed by atoms with E-state index < -0.39 is 6.17 Å². The van der Waals surface area contributed by atoms with Gasteiger partial charge in [0.1, 0.15) is 6.17 Å². The molecule has 0 aromatic heterocycles. The summed E-state index contributed by atoms with van der Waals surface area (Å²) in [6, 6.07) is 0.278. The van der Waals surface area contributed by atoms with Crippen LogP contribution in [0.1, 0.15) is 13.3 Å². The molecular weight excluding hydrogens is 129 g/mol. The summed E-state index contributed by atoms with van der Waals surface area (Å²) in [5.74, 6) is 0. The molecule has 0 radical (unpaired) electrons. The molecule has 1 fully saturated rings. The smallest absolute Gasteiger partial charge is 0.115 e. The van der Waals surface area contributed by atoms with E-state index in [0.29, 0.717) is 13.0 Å². The Labute approximate surface area is 61.5 Å². The van der Waals surface area contributed by atoms with E-state index in [2.05, 4.69) is 18.4 Å². The lowest BCUT2D eigenvalue weighted by Crippen LogP contribution is -2.27. The number of halogens is 1. The summed E-state index contributed by atoms with van der Waals surface area (Å²) in [7, 11) is 0. The van der Waals surface area contributed by atoms with Crippen molar-refractivity contribution in [3.05, 3.63) is 12.7 Å². The Hall–Kier alpha value is -0.370. The van der Waals surface area contributed by atoms with Gasteiger partial charge >= 0.3 is 0 Å². The van der Waals surface area contributed by atoms with Gasteiger partial charge in [0, 0.05) is 12.6 Å². The molecule has 0 saturated carbocycles. The lowest BCUT2D eigenvalue weighted by Gasteiger charge is -2.17. The van der Waals surface area contributed by atoms with Gasteiger partial charge in [0.15, 0.2) is 0 Å². The summed E-state index contributed by atoms with van der Waals surface area (Å²) in [6.45, 7) is 7.24. The minimum atomic E-state index is -0.636. The van der Waals surface area contributed by atoms with E-state index in [9.17, 15) is 4.39 Å². The van der Waals surface area contributed by atoms with Crippen molar-refractivity contribution in [3.63, 3.8) is 0 Å².